The van der Waals surface area contributed by atoms with Crippen LogP contribution in [0, 0.1) is 6.92 Å². The van der Waals surface area contributed by atoms with Gasteiger partial charge in [-0.3, -0.25) is 9.78 Å². The van der Waals surface area contributed by atoms with Crippen LogP contribution < -0.4 is 5.32 Å². The Labute approximate surface area is 126 Å². The molecule has 0 bridgehead atoms. The molecule has 0 saturated carbocycles. The van der Waals surface area contributed by atoms with Gasteiger partial charge in [0, 0.05) is 22.7 Å². The van der Waals surface area contributed by atoms with Crippen molar-refractivity contribution in [2.24, 2.45) is 0 Å². The van der Waals surface area contributed by atoms with Gasteiger partial charge in [-0.2, -0.15) is 0 Å². The molecule has 2 rings (SSSR count). The second kappa shape index (κ2) is 6.81. The Morgan fingerprint density at radius 1 is 1.43 bits per heavy atom. The summed E-state index contributed by atoms with van der Waals surface area (Å²) in [5, 5.41) is 11.5. The van der Waals surface area contributed by atoms with Gasteiger partial charge >= 0.3 is 5.97 Å². The summed E-state index contributed by atoms with van der Waals surface area (Å²) in [4.78, 5) is 27.6. The number of aliphatic carboxylic acids is 1. The summed E-state index contributed by atoms with van der Waals surface area (Å²) < 4.78 is 0. The van der Waals surface area contributed by atoms with E-state index >= 15 is 0 Å². The average Bonchev–Trinajstić information content (AvgIpc) is 2.97. The number of benzene rings is 1. The Bertz CT molecular complexity index is 678. The minimum absolute atomic E-state index is 0.201. The number of aryl methyl sites for hydroxylation is 1. The van der Waals surface area contributed by atoms with Gasteiger partial charge < -0.3 is 10.4 Å². The monoisotopic (exact) mass is 302 g/mol. The maximum absolute atomic E-state index is 12.1. The minimum Gasteiger partial charge on any atom is -0.478 e. The molecule has 0 atom stereocenters. The van der Waals surface area contributed by atoms with Crippen LogP contribution in [0.1, 0.15) is 26.4 Å². The number of hydrogen-bond acceptors (Lipinski definition) is 4. The third-order valence-corrected chi connectivity index (χ3v) is 3.63. The molecule has 0 radical (unpaired) electrons. The molecule has 5 nitrogen and oxygen atoms in total. The molecule has 0 spiro atoms. The smallest absolute Gasteiger partial charge is 0.328 e. The molecule has 2 aromatic rings. The summed E-state index contributed by atoms with van der Waals surface area (Å²) in [6.45, 7) is 2.29. The number of nitrogens with one attached hydrogen (secondary N) is 1. The highest BCUT2D eigenvalue weighted by Gasteiger charge is 2.07. The first-order valence-electron chi connectivity index (χ1n) is 6.23. The van der Waals surface area contributed by atoms with Crippen LogP contribution in [0.5, 0.6) is 0 Å². The number of thiazole rings is 1. The van der Waals surface area contributed by atoms with Crippen molar-refractivity contribution in [3.05, 3.63) is 57.6 Å². The zero-order valence-corrected chi connectivity index (χ0v) is 12.2. The van der Waals surface area contributed by atoms with E-state index in [9.17, 15) is 9.59 Å². The highest BCUT2D eigenvalue weighted by molar-refractivity contribution is 7.09. The second-order valence-corrected chi connectivity index (χ2v) is 5.36. The molecule has 0 aliphatic heterocycles. The largest absolute Gasteiger partial charge is 0.478 e. The van der Waals surface area contributed by atoms with Gasteiger partial charge in [-0.25, -0.2) is 4.79 Å². The lowest BCUT2D eigenvalue weighted by atomic mass is 10.0. The number of amides is 1. The van der Waals surface area contributed by atoms with Crippen LogP contribution in [0.25, 0.3) is 6.08 Å². The molecule has 1 amide bonds. The Morgan fingerprint density at radius 3 is 2.90 bits per heavy atom. The van der Waals surface area contributed by atoms with E-state index in [4.69, 9.17) is 5.11 Å². The van der Waals surface area contributed by atoms with Gasteiger partial charge in [-0.05, 0) is 36.3 Å². The summed E-state index contributed by atoms with van der Waals surface area (Å²) in [5.74, 6) is -1.22. The highest BCUT2D eigenvalue weighted by atomic mass is 32.1. The van der Waals surface area contributed by atoms with Gasteiger partial charge in [0.25, 0.3) is 5.91 Å². The lowest BCUT2D eigenvalue weighted by Gasteiger charge is -2.06. The van der Waals surface area contributed by atoms with Crippen molar-refractivity contribution in [1.82, 2.24) is 10.3 Å². The summed E-state index contributed by atoms with van der Waals surface area (Å²) in [5.41, 5.74) is 3.83. The van der Waals surface area contributed by atoms with Crippen LogP contribution in [-0.2, 0) is 11.3 Å². The van der Waals surface area contributed by atoms with Crippen molar-refractivity contribution in [1.29, 1.82) is 0 Å². The fourth-order valence-corrected chi connectivity index (χ4v) is 2.26. The van der Waals surface area contributed by atoms with Crippen LogP contribution in [0.2, 0.25) is 0 Å². The maximum atomic E-state index is 12.1. The molecule has 2 N–H and O–H groups in total. The molecule has 0 saturated heterocycles. The summed E-state index contributed by atoms with van der Waals surface area (Å²) >= 11 is 1.47. The van der Waals surface area contributed by atoms with Crippen molar-refractivity contribution in [3.63, 3.8) is 0 Å². The molecule has 0 fully saturated rings. The zero-order chi connectivity index (χ0) is 15.2. The number of nitrogens with zero attached hydrogens (tertiary/aromatic N) is 1. The van der Waals surface area contributed by atoms with Crippen LogP contribution in [-0.4, -0.2) is 22.0 Å². The average molecular weight is 302 g/mol. The second-order valence-electron chi connectivity index (χ2n) is 4.39. The van der Waals surface area contributed by atoms with Gasteiger partial charge in [0.05, 0.1) is 12.1 Å². The number of aromatic nitrogens is 1. The normalized spacial score (nSPS) is 10.7. The fraction of sp³-hybridized carbons (Fsp3) is 0.133. The predicted molar refractivity (Wildman–Crippen MR) is 81.1 cm³/mol. The number of carbonyl (C=O) groups is 2. The van der Waals surface area contributed by atoms with E-state index in [1.165, 1.54) is 17.4 Å². The van der Waals surface area contributed by atoms with E-state index in [0.717, 1.165) is 16.5 Å². The standard InChI is InChI=1S/C15H14N2O3S/c1-10-2-3-12(6-11(10)4-5-14(18)19)15(20)17-8-13-7-16-9-21-13/h2-7,9H,8H2,1H3,(H,17,20)(H,18,19)/b5-4+. The SMILES string of the molecule is Cc1ccc(C(=O)NCc2cncs2)cc1/C=C/C(=O)O. The molecular weight excluding hydrogens is 288 g/mol. The fourth-order valence-electron chi connectivity index (χ4n) is 1.72. The van der Waals surface area contributed by atoms with E-state index in [-0.39, 0.29) is 5.91 Å². The van der Waals surface area contributed by atoms with E-state index in [1.807, 2.05) is 6.92 Å². The van der Waals surface area contributed by atoms with E-state index < -0.39 is 5.97 Å². The molecule has 6 heteroatoms. The lowest BCUT2D eigenvalue weighted by molar-refractivity contribution is -0.131. The number of rotatable bonds is 5. The van der Waals surface area contributed by atoms with Crippen LogP contribution >= 0.6 is 11.3 Å². The minimum atomic E-state index is -1.02. The lowest BCUT2D eigenvalue weighted by Crippen LogP contribution is -2.22. The number of carbonyl (C=O) groups excluding carboxylic acids is 1. The topological polar surface area (TPSA) is 79.3 Å². The maximum Gasteiger partial charge on any atom is 0.328 e. The molecule has 0 aliphatic carbocycles. The van der Waals surface area contributed by atoms with Crippen molar-refractivity contribution >= 4 is 29.3 Å². The molecule has 1 aromatic carbocycles. The Balaban J connectivity index is 2.10. The quantitative estimate of drug-likeness (QED) is 0.832. The van der Waals surface area contributed by atoms with Gasteiger partial charge in [-0.15, -0.1) is 11.3 Å². The Hall–Kier alpha value is -2.47. The number of carboxylic acids is 1. The van der Waals surface area contributed by atoms with Crippen LogP contribution in [0.3, 0.4) is 0 Å². The summed E-state index contributed by atoms with van der Waals surface area (Å²) in [7, 11) is 0. The molecular formula is C15H14N2O3S. The van der Waals surface area contributed by atoms with Crippen molar-refractivity contribution in [2.45, 2.75) is 13.5 Å². The van der Waals surface area contributed by atoms with Gasteiger partial charge in [0.15, 0.2) is 0 Å². The molecule has 108 valence electrons. The molecule has 1 aromatic heterocycles. The summed E-state index contributed by atoms with van der Waals surface area (Å²) in [6, 6.07) is 5.19. The van der Waals surface area contributed by atoms with Gasteiger partial charge in [-0.1, -0.05) is 6.07 Å². The van der Waals surface area contributed by atoms with E-state index in [2.05, 4.69) is 10.3 Å². The van der Waals surface area contributed by atoms with E-state index in [1.54, 1.807) is 29.9 Å². The first-order chi connectivity index (χ1) is 10.1. The first kappa shape index (κ1) is 14.9. The zero-order valence-electron chi connectivity index (χ0n) is 11.4. The van der Waals surface area contributed by atoms with Crippen molar-refractivity contribution < 1.29 is 14.7 Å². The highest BCUT2D eigenvalue weighted by Crippen LogP contribution is 2.13. The van der Waals surface area contributed by atoms with Gasteiger partial charge in [0.2, 0.25) is 0 Å². The number of carboxylic acid groups (broad SMARTS) is 1. The van der Waals surface area contributed by atoms with Crippen LogP contribution in [0.4, 0.5) is 0 Å². The van der Waals surface area contributed by atoms with Gasteiger partial charge in [0.1, 0.15) is 0 Å². The molecule has 0 unspecified atom stereocenters. The predicted octanol–water partition coefficient (Wildman–Crippen LogP) is 2.48. The Kier molecular flexibility index (Phi) is 4.84. The summed E-state index contributed by atoms with van der Waals surface area (Å²) in [6.07, 6.45) is 4.25. The van der Waals surface area contributed by atoms with Crippen LogP contribution in [0.15, 0.2) is 36.0 Å². The van der Waals surface area contributed by atoms with Crippen molar-refractivity contribution in [3.8, 4) is 0 Å². The Morgan fingerprint density at radius 2 is 2.24 bits per heavy atom. The molecule has 1 heterocycles. The third kappa shape index (κ3) is 4.25. The van der Waals surface area contributed by atoms with E-state index in [0.29, 0.717) is 17.7 Å². The first-order valence-corrected chi connectivity index (χ1v) is 7.11. The van der Waals surface area contributed by atoms with Crippen molar-refractivity contribution in [2.75, 3.05) is 0 Å². The molecule has 0 aliphatic rings. The number of hydrogen-bond donors (Lipinski definition) is 2. The molecule has 21 heavy (non-hydrogen) atoms. The third-order valence-electron chi connectivity index (χ3n) is 2.85.